The Morgan fingerprint density at radius 2 is 1.93 bits per heavy atom. The summed E-state index contributed by atoms with van der Waals surface area (Å²) in [6.07, 6.45) is 0. The molecule has 0 saturated carbocycles. The highest BCUT2D eigenvalue weighted by atomic mass is 32.2. The zero-order chi connectivity index (χ0) is 10.8. The molecule has 14 heavy (non-hydrogen) atoms. The number of hydrogen-bond donors (Lipinski definition) is 2. The Hall–Kier alpha value is -1.42. The van der Waals surface area contributed by atoms with E-state index in [1.807, 2.05) is 0 Å². The Bertz CT molecular complexity index is 474. The first-order chi connectivity index (χ1) is 6.46. The summed E-state index contributed by atoms with van der Waals surface area (Å²) in [5.74, 6) is 0. The van der Waals surface area contributed by atoms with Crippen LogP contribution >= 0.6 is 0 Å². The molecular weight excluding hydrogens is 206 g/mol. The minimum Gasteiger partial charge on any atom is -0.371 e. The molecule has 0 spiro atoms. The first kappa shape index (κ1) is 10.7. The first-order valence-electron chi connectivity index (χ1n) is 3.60. The van der Waals surface area contributed by atoms with Crippen LogP contribution in [-0.4, -0.2) is 18.1 Å². The van der Waals surface area contributed by atoms with Gasteiger partial charge in [0, 0.05) is 5.56 Å². The van der Waals surface area contributed by atoms with Gasteiger partial charge in [-0.25, -0.2) is 0 Å². The van der Waals surface area contributed by atoms with Crippen molar-refractivity contribution in [1.82, 2.24) is 0 Å². The van der Waals surface area contributed by atoms with E-state index in [4.69, 9.17) is 9.81 Å². The lowest BCUT2D eigenvalue weighted by molar-refractivity contribution is 0.238. The molecule has 0 aliphatic heterocycles. The average molecular weight is 213 g/mol. The fraction of sp³-hybridized carbons (Fsp3) is 0.125. The molecule has 1 aromatic carbocycles. The van der Waals surface area contributed by atoms with Gasteiger partial charge in [-0.2, -0.15) is 13.7 Å². The molecule has 0 amide bonds. The predicted octanol–water partition coefficient (Wildman–Crippen LogP) is 0.437. The molecule has 5 nitrogen and oxygen atoms in total. The third-order valence-electron chi connectivity index (χ3n) is 1.63. The fourth-order valence-electron chi connectivity index (χ4n) is 0.975. The zero-order valence-corrected chi connectivity index (χ0v) is 7.77. The molecule has 6 heteroatoms. The lowest BCUT2D eigenvalue weighted by atomic mass is 10.1. The second kappa shape index (κ2) is 3.75. The second-order valence-corrected chi connectivity index (χ2v) is 4.04. The Kier molecular flexibility index (Phi) is 2.86. The summed E-state index contributed by atoms with van der Waals surface area (Å²) >= 11 is 0. The Morgan fingerprint density at radius 3 is 2.43 bits per heavy atom. The number of nitrogens with zero attached hydrogens (tertiary/aromatic N) is 1. The molecule has 2 N–H and O–H groups in total. The summed E-state index contributed by atoms with van der Waals surface area (Å²) < 4.78 is 29.8. The molecule has 0 heterocycles. The molecule has 1 rings (SSSR count). The van der Waals surface area contributed by atoms with Gasteiger partial charge < -0.3 is 5.11 Å². The third-order valence-corrected chi connectivity index (χ3v) is 2.45. The van der Waals surface area contributed by atoms with Gasteiger partial charge in [-0.05, 0) is 6.07 Å². The topological polar surface area (TPSA) is 98.4 Å². The Balaban J connectivity index is 3.28. The van der Waals surface area contributed by atoms with Gasteiger partial charge in [0.1, 0.15) is 0 Å². The van der Waals surface area contributed by atoms with Crippen molar-refractivity contribution in [3.05, 3.63) is 35.4 Å². The highest BCUT2D eigenvalue weighted by Crippen LogP contribution is 2.21. The molecular formula is C8H7NO4S. The number of benzene rings is 1. The smallest absolute Gasteiger partial charge is 0.296 e. The number of rotatable bonds is 2. The summed E-state index contributed by atoms with van der Waals surface area (Å²) in [5, 5.41) is 17.8. The summed E-state index contributed by atoms with van der Waals surface area (Å²) in [4.78, 5) is 0. The van der Waals surface area contributed by atoms with Crippen molar-refractivity contribution in [2.75, 3.05) is 0 Å². The van der Waals surface area contributed by atoms with E-state index in [0.717, 1.165) is 0 Å². The molecule has 0 aliphatic carbocycles. The minimum atomic E-state index is -4.58. The molecule has 1 unspecified atom stereocenters. The molecule has 0 bridgehead atoms. The van der Waals surface area contributed by atoms with Crippen LogP contribution in [0.15, 0.2) is 24.3 Å². The number of aliphatic hydroxyl groups excluding tert-OH is 1. The van der Waals surface area contributed by atoms with Gasteiger partial charge >= 0.3 is 0 Å². The molecule has 0 fully saturated rings. The van der Waals surface area contributed by atoms with Crippen molar-refractivity contribution in [2.24, 2.45) is 0 Å². The second-order valence-electron chi connectivity index (χ2n) is 2.57. The molecule has 0 radical (unpaired) electrons. The Labute approximate surface area is 81.0 Å². The van der Waals surface area contributed by atoms with E-state index >= 15 is 0 Å². The Morgan fingerprint density at radius 1 is 1.36 bits per heavy atom. The van der Waals surface area contributed by atoms with Crippen molar-refractivity contribution in [1.29, 1.82) is 5.26 Å². The molecule has 1 atom stereocenters. The van der Waals surface area contributed by atoms with Crippen LogP contribution in [0.4, 0.5) is 0 Å². The van der Waals surface area contributed by atoms with E-state index in [-0.39, 0.29) is 11.1 Å². The van der Waals surface area contributed by atoms with E-state index in [0.29, 0.717) is 0 Å². The number of hydrogen-bond acceptors (Lipinski definition) is 4. The SMILES string of the molecule is N#Cc1ccccc1C(O)S(=O)(=O)O. The summed E-state index contributed by atoms with van der Waals surface area (Å²) in [5.41, 5.74) is -2.19. The zero-order valence-electron chi connectivity index (χ0n) is 6.95. The molecule has 1 aromatic rings. The van der Waals surface area contributed by atoms with Crippen molar-refractivity contribution in [3.8, 4) is 6.07 Å². The van der Waals surface area contributed by atoms with Gasteiger partial charge in [-0.1, -0.05) is 18.2 Å². The van der Waals surface area contributed by atoms with Crippen LogP contribution < -0.4 is 0 Å². The summed E-state index contributed by atoms with van der Waals surface area (Å²) in [6.45, 7) is 0. The van der Waals surface area contributed by atoms with Crippen molar-refractivity contribution in [3.63, 3.8) is 0 Å². The van der Waals surface area contributed by atoms with Crippen LogP contribution in [-0.2, 0) is 10.1 Å². The van der Waals surface area contributed by atoms with Crippen LogP contribution in [0.1, 0.15) is 16.6 Å². The van der Waals surface area contributed by atoms with Crippen LogP contribution in [0.2, 0.25) is 0 Å². The maximum Gasteiger partial charge on any atom is 0.296 e. The standard InChI is InChI=1S/C8H7NO4S/c9-5-6-3-1-2-4-7(6)8(10)14(11,12)13/h1-4,8,10H,(H,11,12,13). The highest BCUT2D eigenvalue weighted by Gasteiger charge is 2.24. The molecule has 0 aliphatic rings. The van der Waals surface area contributed by atoms with Crippen molar-refractivity contribution >= 4 is 10.1 Å². The van der Waals surface area contributed by atoms with Gasteiger partial charge in [0.2, 0.25) is 5.44 Å². The average Bonchev–Trinajstić information content (AvgIpc) is 2.15. The van der Waals surface area contributed by atoms with Gasteiger partial charge in [0.25, 0.3) is 10.1 Å². The predicted molar refractivity (Wildman–Crippen MR) is 47.7 cm³/mol. The van der Waals surface area contributed by atoms with Crippen molar-refractivity contribution < 1.29 is 18.1 Å². The summed E-state index contributed by atoms with van der Waals surface area (Å²) in [6, 6.07) is 7.31. The molecule has 0 aromatic heterocycles. The van der Waals surface area contributed by atoms with E-state index in [9.17, 15) is 13.5 Å². The van der Waals surface area contributed by atoms with Crippen molar-refractivity contribution in [2.45, 2.75) is 5.44 Å². The highest BCUT2D eigenvalue weighted by molar-refractivity contribution is 7.85. The number of aliphatic hydroxyl groups is 1. The quantitative estimate of drug-likeness (QED) is 0.694. The lowest BCUT2D eigenvalue weighted by Crippen LogP contribution is -2.12. The van der Waals surface area contributed by atoms with E-state index in [2.05, 4.69) is 0 Å². The maximum atomic E-state index is 10.6. The van der Waals surface area contributed by atoms with E-state index in [1.165, 1.54) is 24.3 Å². The number of nitriles is 1. The van der Waals surface area contributed by atoms with Crippen LogP contribution in [0.3, 0.4) is 0 Å². The third kappa shape index (κ3) is 2.09. The van der Waals surface area contributed by atoms with Gasteiger partial charge in [0.05, 0.1) is 11.6 Å². The van der Waals surface area contributed by atoms with Crippen LogP contribution in [0.5, 0.6) is 0 Å². The van der Waals surface area contributed by atoms with Crippen LogP contribution in [0.25, 0.3) is 0 Å². The lowest BCUT2D eigenvalue weighted by Gasteiger charge is -2.08. The molecule has 74 valence electrons. The van der Waals surface area contributed by atoms with Crippen LogP contribution in [0, 0.1) is 11.3 Å². The normalized spacial score (nSPS) is 13.2. The molecule has 0 saturated heterocycles. The largest absolute Gasteiger partial charge is 0.371 e. The minimum absolute atomic E-state index is 0.0117. The van der Waals surface area contributed by atoms with Gasteiger partial charge in [0.15, 0.2) is 0 Å². The monoisotopic (exact) mass is 213 g/mol. The van der Waals surface area contributed by atoms with Gasteiger partial charge in [-0.3, -0.25) is 4.55 Å². The fourth-order valence-corrected chi connectivity index (χ4v) is 1.50. The van der Waals surface area contributed by atoms with E-state index in [1.54, 1.807) is 6.07 Å². The van der Waals surface area contributed by atoms with E-state index < -0.39 is 15.6 Å². The first-order valence-corrected chi connectivity index (χ1v) is 5.10. The summed E-state index contributed by atoms with van der Waals surface area (Å²) in [7, 11) is -4.58. The van der Waals surface area contributed by atoms with Gasteiger partial charge in [-0.15, -0.1) is 0 Å². The maximum absolute atomic E-state index is 10.6.